The second-order valence-corrected chi connectivity index (χ2v) is 9.41. The van der Waals surface area contributed by atoms with Crippen LogP contribution < -0.4 is 10.6 Å². The van der Waals surface area contributed by atoms with Crippen LogP contribution in [0.3, 0.4) is 0 Å². The van der Waals surface area contributed by atoms with Gasteiger partial charge < -0.3 is 20.3 Å². The molecule has 0 radical (unpaired) electrons. The smallest absolute Gasteiger partial charge is 0.410 e. The van der Waals surface area contributed by atoms with Crippen molar-refractivity contribution in [3.63, 3.8) is 0 Å². The number of rotatable bonds is 3. The predicted octanol–water partition coefficient (Wildman–Crippen LogP) is 3.57. The van der Waals surface area contributed by atoms with Gasteiger partial charge in [-0.25, -0.2) is 9.18 Å². The fourth-order valence-electron chi connectivity index (χ4n) is 4.22. The fourth-order valence-corrected chi connectivity index (χ4v) is 4.22. The number of hydrogen-bond acceptors (Lipinski definition) is 5. The summed E-state index contributed by atoms with van der Waals surface area (Å²) in [5.41, 5.74) is 6.31. The number of piperidine rings is 1. The highest BCUT2D eigenvalue weighted by Gasteiger charge is 2.31. The first-order chi connectivity index (χ1) is 13.6. The number of nitrogens with zero attached hydrogens (tertiary/aromatic N) is 3. The number of nitrogen functional groups attached to an aromatic ring is 1. The molecule has 3 rings (SSSR count). The molecular weight excluding hydrogens is 371 g/mol. The minimum absolute atomic E-state index is 0.205. The van der Waals surface area contributed by atoms with Crippen LogP contribution in [-0.4, -0.2) is 66.8 Å². The molecule has 0 saturated carbocycles. The van der Waals surface area contributed by atoms with Crippen molar-refractivity contribution in [1.29, 1.82) is 0 Å². The number of piperazine rings is 1. The average molecular weight is 407 g/mol. The van der Waals surface area contributed by atoms with E-state index in [9.17, 15) is 9.18 Å². The molecule has 1 atom stereocenters. The summed E-state index contributed by atoms with van der Waals surface area (Å²) in [7, 11) is 0. The third kappa shape index (κ3) is 5.75. The molecule has 1 aromatic carbocycles. The first-order valence-electron chi connectivity index (χ1n) is 10.6. The fraction of sp³-hybridized carbons (Fsp3) is 0.682. The third-order valence-corrected chi connectivity index (χ3v) is 5.84. The SMILES string of the molecule is C[C@@H]1CN(c2ccc(N)cc2F)CCN1CC1CCN(C(=O)OC(C)(C)C)CC1. The number of ether oxygens (including phenoxy) is 1. The number of carbonyl (C=O) groups excluding carboxylic acids is 1. The molecule has 1 aromatic rings. The zero-order chi connectivity index (χ0) is 21.2. The van der Waals surface area contributed by atoms with Crippen molar-refractivity contribution < 1.29 is 13.9 Å². The molecule has 0 unspecified atom stereocenters. The Bertz CT molecular complexity index is 713. The standard InChI is InChI=1S/C22H35FN4O2/c1-16-14-27(20-6-5-18(24)13-19(20)23)12-11-26(16)15-17-7-9-25(10-8-17)21(28)29-22(2,3)4/h5-6,13,16-17H,7-12,14-15,24H2,1-4H3/t16-/m1/s1. The highest BCUT2D eigenvalue weighted by atomic mass is 19.1. The highest BCUT2D eigenvalue weighted by Crippen LogP contribution is 2.26. The minimum Gasteiger partial charge on any atom is -0.444 e. The van der Waals surface area contributed by atoms with E-state index >= 15 is 0 Å². The summed E-state index contributed by atoms with van der Waals surface area (Å²) in [6, 6.07) is 5.28. The van der Waals surface area contributed by atoms with Gasteiger partial charge in [-0.1, -0.05) is 0 Å². The zero-order valence-corrected chi connectivity index (χ0v) is 18.2. The Labute approximate surface area is 173 Å². The number of anilines is 2. The molecule has 2 heterocycles. The third-order valence-electron chi connectivity index (χ3n) is 5.84. The van der Waals surface area contributed by atoms with E-state index in [0.717, 1.165) is 52.1 Å². The van der Waals surface area contributed by atoms with Crippen molar-refractivity contribution in [2.45, 2.75) is 52.2 Å². The molecule has 6 nitrogen and oxygen atoms in total. The van der Waals surface area contributed by atoms with Gasteiger partial charge in [0.25, 0.3) is 0 Å². The summed E-state index contributed by atoms with van der Waals surface area (Å²) in [4.78, 5) is 18.7. The zero-order valence-electron chi connectivity index (χ0n) is 18.2. The Morgan fingerprint density at radius 2 is 1.90 bits per heavy atom. The Hall–Kier alpha value is -2.02. The van der Waals surface area contributed by atoms with E-state index in [4.69, 9.17) is 10.5 Å². The number of nitrogens with two attached hydrogens (primary N) is 1. The monoisotopic (exact) mass is 406 g/mol. The summed E-state index contributed by atoms with van der Waals surface area (Å²) >= 11 is 0. The number of carbonyl (C=O) groups is 1. The van der Waals surface area contributed by atoms with E-state index < -0.39 is 5.60 Å². The summed E-state index contributed by atoms with van der Waals surface area (Å²) in [5, 5.41) is 0. The molecule has 2 aliphatic heterocycles. The van der Waals surface area contributed by atoms with Gasteiger partial charge in [-0.3, -0.25) is 4.90 Å². The average Bonchev–Trinajstić information content (AvgIpc) is 2.63. The lowest BCUT2D eigenvalue weighted by atomic mass is 9.95. The summed E-state index contributed by atoms with van der Waals surface area (Å²) in [5.74, 6) is 0.330. The van der Waals surface area contributed by atoms with Gasteiger partial charge in [-0.05, 0) is 64.7 Å². The maximum atomic E-state index is 14.3. The van der Waals surface area contributed by atoms with Crippen LogP contribution in [0.2, 0.25) is 0 Å². The lowest BCUT2D eigenvalue weighted by Gasteiger charge is -2.43. The van der Waals surface area contributed by atoms with E-state index in [-0.39, 0.29) is 11.9 Å². The Kier molecular flexibility index (Phi) is 6.56. The Morgan fingerprint density at radius 3 is 2.48 bits per heavy atom. The van der Waals surface area contributed by atoms with Crippen LogP contribution in [0, 0.1) is 11.7 Å². The highest BCUT2D eigenvalue weighted by molar-refractivity contribution is 5.68. The van der Waals surface area contributed by atoms with E-state index in [1.165, 1.54) is 6.07 Å². The normalized spacial score (nSPS) is 22.0. The lowest BCUT2D eigenvalue weighted by molar-refractivity contribution is 0.0161. The number of amides is 1. The quantitative estimate of drug-likeness (QED) is 0.778. The minimum atomic E-state index is -0.451. The van der Waals surface area contributed by atoms with E-state index in [2.05, 4.69) is 16.7 Å². The number of hydrogen-bond donors (Lipinski definition) is 1. The predicted molar refractivity (Wildman–Crippen MR) is 115 cm³/mol. The van der Waals surface area contributed by atoms with Crippen molar-refractivity contribution in [2.75, 3.05) is 49.9 Å². The summed E-state index contributed by atoms with van der Waals surface area (Å²) < 4.78 is 19.7. The van der Waals surface area contributed by atoms with Crippen molar-refractivity contribution in [1.82, 2.24) is 9.80 Å². The van der Waals surface area contributed by atoms with Crippen LogP contribution in [0.1, 0.15) is 40.5 Å². The van der Waals surface area contributed by atoms with Gasteiger partial charge in [0.05, 0.1) is 5.69 Å². The number of likely N-dealkylation sites (tertiary alicyclic amines) is 1. The van der Waals surface area contributed by atoms with Crippen molar-refractivity contribution in [2.24, 2.45) is 5.92 Å². The van der Waals surface area contributed by atoms with Crippen LogP contribution in [0.15, 0.2) is 18.2 Å². The van der Waals surface area contributed by atoms with Gasteiger partial charge in [0.1, 0.15) is 11.4 Å². The lowest BCUT2D eigenvalue weighted by Crippen LogP contribution is -2.54. The number of halogens is 1. The first-order valence-corrected chi connectivity index (χ1v) is 10.6. The maximum Gasteiger partial charge on any atom is 0.410 e. The second kappa shape index (κ2) is 8.78. The topological polar surface area (TPSA) is 62.0 Å². The Morgan fingerprint density at radius 1 is 1.21 bits per heavy atom. The van der Waals surface area contributed by atoms with Crippen LogP contribution in [0.4, 0.5) is 20.6 Å². The molecule has 1 amide bonds. The molecule has 2 aliphatic rings. The van der Waals surface area contributed by atoms with E-state index in [1.54, 1.807) is 12.1 Å². The van der Waals surface area contributed by atoms with Crippen molar-refractivity contribution in [3.05, 3.63) is 24.0 Å². The van der Waals surface area contributed by atoms with Gasteiger partial charge in [0.2, 0.25) is 0 Å². The van der Waals surface area contributed by atoms with Crippen molar-refractivity contribution >= 4 is 17.5 Å². The van der Waals surface area contributed by atoms with Gasteiger partial charge >= 0.3 is 6.09 Å². The molecule has 2 saturated heterocycles. The molecule has 0 bridgehead atoms. The number of benzene rings is 1. The molecule has 0 aliphatic carbocycles. The van der Waals surface area contributed by atoms with Gasteiger partial charge in [0.15, 0.2) is 0 Å². The molecule has 0 spiro atoms. The molecular formula is C22H35FN4O2. The van der Waals surface area contributed by atoms with Crippen LogP contribution in [0.5, 0.6) is 0 Å². The largest absolute Gasteiger partial charge is 0.444 e. The van der Waals surface area contributed by atoms with Gasteiger partial charge in [0, 0.05) is 51.0 Å². The Balaban J connectivity index is 1.47. The summed E-state index contributed by atoms with van der Waals surface area (Å²) in [6.45, 7) is 13.0. The maximum absolute atomic E-state index is 14.3. The molecule has 2 fully saturated rings. The van der Waals surface area contributed by atoms with Crippen LogP contribution in [-0.2, 0) is 4.74 Å². The molecule has 0 aromatic heterocycles. The van der Waals surface area contributed by atoms with Gasteiger partial charge in [-0.2, -0.15) is 0 Å². The second-order valence-electron chi connectivity index (χ2n) is 9.41. The first kappa shape index (κ1) is 21.7. The molecule has 162 valence electrons. The van der Waals surface area contributed by atoms with E-state index in [1.807, 2.05) is 25.7 Å². The summed E-state index contributed by atoms with van der Waals surface area (Å²) in [6.07, 6.45) is 1.79. The molecule has 7 heteroatoms. The molecule has 29 heavy (non-hydrogen) atoms. The molecule has 2 N–H and O–H groups in total. The van der Waals surface area contributed by atoms with Crippen molar-refractivity contribution in [3.8, 4) is 0 Å². The van der Waals surface area contributed by atoms with Crippen LogP contribution in [0.25, 0.3) is 0 Å². The van der Waals surface area contributed by atoms with Gasteiger partial charge in [-0.15, -0.1) is 0 Å². The van der Waals surface area contributed by atoms with Crippen LogP contribution >= 0.6 is 0 Å². The van der Waals surface area contributed by atoms with E-state index in [0.29, 0.717) is 23.3 Å².